The molecule has 6 nitrogen and oxygen atoms in total. The van der Waals surface area contributed by atoms with E-state index in [2.05, 4.69) is 5.16 Å². The Hall–Kier alpha value is -2.24. The highest BCUT2D eigenvalue weighted by atomic mass is 16.7. The summed E-state index contributed by atoms with van der Waals surface area (Å²) in [6.45, 7) is 1.68. The summed E-state index contributed by atoms with van der Waals surface area (Å²) in [4.78, 5) is 17.2. The Bertz CT molecular complexity index is 651. The van der Waals surface area contributed by atoms with Crippen molar-refractivity contribution in [3.8, 4) is 11.5 Å². The van der Waals surface area contributed by atoms with Crippen molar-refractivity contribution in [3.05, 3.63) is 23.8 Å². The van der Waals surface area contributed by atoms with Crippen LogP contribution in [-0.2, 0) is 14.4 Å². The van der Waals surface area contributed by atoms with E-state index in [4.69, 9.17) is 19.0 Å². The molecule has 1 heterocycles. The average Bonchev–Trinajstić information content (AvgIpc) is 3.24. The van der Waals surface area contributed by atoms with Crippen LogP contribution in [0.3, 0.4) is 0 Å². The van der Waals surface area contributed by atoms with Gasteiger partial charge in [0, 0.05) is 12.0 Å². The highest BCUT2D eigenvalue weighted by Crippen LogP contribution is 2.35. The largest absolute Gasteiger partial charge is 0.493 e. The van der Waals surface area contributed by atoms with Gasteiger partial charge in [0.15, 0.2) is 11.5 Å². The molecule has 1 aliphatic heterocycles. The quantitative estimate of drug-likeness (QED) is 0.775. The summed E-state index contributed by atoms with van der Waals surface area (Å²) >= 11 is 0. The number of oxime groups is 1. The van der Waals surface area contributed by atoms with Crippen molar-refractivity contribution in [2.45, 2.75) is 50.7 Å². The van der Waals surface area contributed by atoms with Crippen molar-refractivity contribution in [3.63, 3.8) is 0 Å². The van der Waals surface area contributed by atoms with Crippen LogP contribution in [0, 0.1) is 0 Å². The molecule has 1 aliphatic carbocycles. The van der Waals surface area contributed by atoms with Crippen molar-refractivity contribution >= 4 is 11.7 Å². The molecule has 0 radical (unpaired) electrons. The van der Waals surface area contributed by atoms with Gasteiger partial charge in [-0.2, -0.15) is 0 Å². The SMILES string of the molecule is COC(=O)C1(C)CC(c2ccc(OC)c(OC3CCCC3)c2)=NO1. The molecule has 0 N–H and O–H groups in total. The second-order valence-electron chi connectivity index (χ2n) is 6.42. The standard InChI is InChI=1S/C18H23NO5/c1-18(17(20)22-3)11-14(19-24-18)12-8-9-15(21-2)16(10-12)23-13-6-4-5-7-13/h8-10,13H,4-7,11H2,1-3H3. The maximum atomic E-state index is 11.8. The average molecular weight is 333 g/mol. The van der Waals surface area contributed by atoms with Gasteiger partial charge < -0.3 is 19.0 Å². The minimum Gasteiger partial charge on any atom is -0.493 e. The summed E-state index contributed by atoms with van der Waals surface area (Å²) in [6.07, 6.45) is 5.12. The van der Waals surface area contributed by atoms with Crippen LogP contribution in [0.4, 0.5) is 0 Å². The fourth-order valence-corrected chi connectivity index (χ4v) is 3.15. The Morgan fingerprint density at radius 3 is 2.67 bits per heavy atom. The maximum Gasteiger partial charge on any atom is 0.353 e. The third-order valence-electron chi connectivity index (χ3n) is 4.57. The van der Waals surface area contributed by atoms with E-state index in [0.29, 0.717) is 23.6 Å². The Morgan fingerprint density at radius 2 is 2.00 bits per heavy atom. The molecule has 0 aromatic heterocycles. The van der Waals surface area contributed by atoms with Gasteiger partial charge in [0.25, 0.3) is 0 Å². The first kappa shape index (κ1) is 16.6. The predicted octanol–water partition coefficient (Wildman–Crippen LogP) is 3.07. The molecule has 0 spiro atoms. The van der Waals surface area contributed by atoms with Crippen molar-refractivity contribution in [2.24, 2.45) is 5.16 Å². The molecule has 3 rings (SSSR count). The minimum absolute atomic E-state index is 0.233. The number of hydrogen-bond acceptors (Lipinski definition) is 6. The van der Waals surface area contributed by atoms with E-state index in [1.54, 1.807) is 14.0 Å². The fourth-order valence-electron chi connectivity index (χ4n) is 3.15. The van der Waals surface area contributed by atoms with Crippen LogP contribution in [0.2, 0.25) is 0 Å². The number of esters is 1. The zero-order chi connectivity index (χ0) is 17.2. The Balaban J connectivity index is 1.80. The first-order valence-corrected chi connectivity index (χ1v) is 8.24. The molecule has 1 fully saturated rings. The van der Waals surface area contributed by atoms with Crippen LogP contribution >= 0.6 is 0 Å². The third-order valence-corrected chi connectivity index (χ3v) is 4.57. The number of methoxy groups -OCH3 is 2. The molecule has 0 bridgehead atoms. The monoisotopic (exact) mass is 333 g/mol. The van der Waals surface area contributed by atoms with Gasteiger partial charge in [-0.1, -0.05) is 5.16 Å². The first-order valence-electron chi connectivity index (χ1n) is 8.24. The zero-order valence-corrected chi connectivity index (χ0v) is 14.3. The van der Waals surface area contributed by atoms with Gasteiger partial charge in [0.2, 0.25) is 5.60 Å². The number of rotatable bonds is 5. The van der Waals surface area contributed by atoms with Crippen molar-refractivity contribution < 1.29 is 23.8 Å². The predicted molar refractivity (Wildman–Crippen MR) is 88.5 cm³/mol. The lowest BCUT2D eigenvalue weighted by Crippen LogP contribution is -2.36. The topological polar surface area (TPSA) is 66.4 Å². The van der Waals surface area contributed by atoms with E-state index in [9.17, 15) is 4.79 Å². The molecule has 0 amide bonds. The molecule has 1 aromatic carbocycles. The van der Waals surface area contributed by atoms with Gasteiger partial charge in [-0.05, 0) is 50.8 Å². The molecule has 1 atom stereocenters. The summed E-state index contributed by atoms with van der Waals surface area (Å²) in [5.74, 6) is 0.967. The van der Waals surface area contributed by atoms with Crippen LogP contribution in [0.15, 0.2) is 23.4 Å². The molecule has 1 saturated carbocycles. The Kier molecular flexibility index (Phi) is 4.64. The van der Waals surface area contributed by atoms with Gasteiger partial charge in [-0.25, -0.2) is 4.79 Å². The highest BCUT2D eigenvalue weighted by molar-refractivity contribution is 6.05. The lowest BCUT2D eigenvalue weighted by Gasteiger charge is -2.18. The van der Waals surface area contributed by atoms with Gasteiger partial charge in [0.05, 0.1) is 26.0 Å². The summed E-state index contributed by atoms with van der Waals surface area (Å²) in [5, 5.41) is 4.08. The number of hydrogen-bond donors (Lipinski definition) is 0. The van der Waals surface area contributed by atoms with E-state index in [1.807, 2.05) is 18.2 Å². The molecule has 1 unspecified atom stereocenters. The van der Waals surface area contributed by atoms with E-state index in [1.165, 1.54) is 20.0 Å². The third kappa shape index (κ3) is 3.18. The molecule has 6 heteroatoms. The fraction of sp³-hybridized carbons (Fsp3) is 0.556. The summed E-state index contributed by atoms with van der Waals surface area (Å²) < 4.78 is 16.3. The van der Waals surface area contributed by atoms with Crippen LogP contribution in [0.1, 0.15) is 44.6 Å². The van der Waals surface area contributed by atoms with Crippen molar-refractivity contribution in [1.82, 2.24) is 0 Å². The number of benzene rings is 1. The van der Waals surface area contributed by atoms with Crippen LogP contribution in [-0.4, -0.2) is 37.6 Å². The molecule has 2 aliphatic rings. The molecular weight excluding hydrogens is 310 g/mol. The summed E-state index contributed by atoms with van der Waals surface area (Å²) in [6, 6.07) is 5.66. The van der Waals surface area contributed by atoms with E-state index < -0.39 is 11.6 Å². The van der Waals surface area contributed by atoms with Crippen LogP contribution in [0.5, 0.6) is 11.5 Å². The second kappa shape index (κ2) is 6.71. The van der Waals surface area contributed by atoms with E-state index >= 15 is 0 Å². The number of carbonyl (C=O) groups is 1. The van der Waals surface area contributed by atoms with Crippen molar-refractivity contribution in [2.75, 3.05) is 14.2 Å². The number of carbonyl (C=O) groups excluding carboxylic acids is 1. The second-order valence-corrected chi connectivity index (χ2v) is 6.42. The number of nitrogens with zero attached hydrogens (tertiary/aromatic N) is 1. The summed E-state index contributed by atoms with van der Waals surface area (Å²) in [7, 11) is 2.97. The van der Waals surface area contributed by atoms with Gasteiger partial charge >= 0.3 is 5.97 Å². The Morgan fingerprint density at radius 1 is 1.25 bits per heavy atom. The molecule has 24 heavy (non-hydrogen) atoms. The van der Waals surface area contributed by atoms with Crippen molar-refractivity contribution in [1.29, 1.82) is 0 Å². The lowest BCUT2D eigenvalue weighted by atomic mass is 9.96. The molecule has 0 saturated heterocycles. The zero-order valence-electron chi connectivity index (χ0n) is 14.3. The van der Waals surface area contributed by atoms with E-state index in [-0.39, 0.29) is 6.10 Å². The number of ether oxygens (including phenoxy) is 3. The molecule has 130 valence electrons. The maximum absolute atomic E-state index is 11.8. The normalized spacial score (nSPS) is 23.5. The van der Waals surface area contributed by atoms with Crippen LogP contribution in [0.25, 0.3) is 0 Å². The van der Waals surface area contributed by atoms with E-state index in [0.717, 1.165) is 18.4 Å². The first-order chi connectivity index (χ1) is 11.6. The molecule has 1 aromatic rings. The van der Waals surface area contributed by atoms with Gasteiger partial charge in [-0.3, -0.25) is 0 Å². The van der Waals surface area contributed by atoms with Gasteiger partial charge in [0.1, 0.15) is 0 Å². The highest BCUT2D eigenvalue weighted by Gasteiger charge is 2.43. The smallest absolute Gasteiger partial charge is 0.353 e. The lowest BCUT2D eigenvalue weighted by molar-refractivity contribution is -0.164. The molecular formula is C18H23NO5. The minimum atomic E-state index is -1.07. The van der Waals surface area contributed by atoms with Gasteiger partial charge in [-0.15, -0.1) is 0 Å². The van der Waals surface area contributed by atoms with Crippen LogP contribution < -0.4 is 9.47 Å². The summed E-state index contributed by atoms with van der Waals surface area (Å²) in [5.41, 5.74) is 0.481. The Labute approximate surface area is 141 Å².